The van der Waals surface area contributed by atoms with Gasteiger partial charge in [-0.1, -0.05) is 52.6 Å². The molecule has 1 amide bonds. The summed E-state index contributed by atoms with van der Waals surface area (Å²) in [6.45, 7) is 4.52. The Morgan fingerprint density at radius 1 is 1.11 bits per heavy atom. The van der Waals surface area contributed by atoms with Gasteiger partial charge in [-0.05, 0) is 49.7 Å². The molecule has 1 heterocycles. The quantitative estimate of drug-likeness (QED) is 0.466. The van der Waals surface area contributed by atoms with E-state index in [2.05, 4.69) is 15.5 Å². The van der Waals surface area contributed by atoms with Crippen LogP contribution in [-0.2, 0) is 11.3 Å². The summed E-state index contributed by atoms with van der Waals surface area (Å²) >= 11 is 19.6. The molecule has 0 saturated heterocycles. The van der Waals surface area contributed by atoms with Crippen LogP contribution in [0.25, 0.3) is 11.4 Å². The van der Waals surface area contributed by atoms with E-state index in [1.54, 1.807) is 24.3 Å². The van der Waals surface area contributed by atoms with Crippen LogP contribution in [0, 0.1) is 6.92 Å². The number of hydrogen-bond donors (Lipinski definition) is 1. The highest BCUT2D eigenvalue weighted by Crippen LogP contribution is 2.33. The second-order valence-corrected chi connectivity index (χ2v) is 8.11. The van der Waals surface area contributed by atoms with Crippen LogP contribution in [0.3, 0.4) is 0 Å². The van der Waals surface area contributed by atoms with Crippen LogP contribution in [0.15, 0.2) is 41.6 Å². The second-order valence-electron chi connectivity index (χ2n) is 5.95. The van der Waals surface area contributed by atoms with Gasteiger partial charge in [-0.25, -0.2) is 0 Å². The van der Waals surface area contributed by atoms with Crippen molar-refractivity contribution in [2.75, 3.05) is 11.1 Å². The van der Waals surface area contributed by atoms with E-state index in [1.807, 2.05) is 30.5 Å². The van der Waals surface area contributed by atoms with E-state index in [0.717, 1.165) is 17.0 Å². The molecular weight excluding hydrogens is 439 g/mol. The number of hydrogen-bond acceptors (Lipinski definition) is 4. The Hall–Kier alpha value is -1.73. The minimum Gasteiger partial charge on any atom is -0.323 e. The molecule has 0 aliphatic heterocycles. The number of carbonyl (C=O) groups excluding carboxylic acids is 1. The van der Waals surface area contributed by atoms with Crippen molar-refractivity contribution in [2.24, 2.45) is 0 Å². The van der Waals surface area contributed by atoms with Gasteiger partial charge in [0, 0.05) is 17.1 Å². The number of aromatic nitrogens is 3. The van der Waals surface area contributed by atoms with Gasteiger partial charge in [0.25, 0.3) is 0 Å². The normalized spacial score (nSPS) is 10.9. The number of anilines is 1. The fraction of sp³-hybridized carbons (Fsp3) is 0.211. The van der Waals surface area contributed by atoms with Gasteiger partial charge in [-0.15, -0.1) is 10.2 Å². The molecule has 0 aliphatic rings. The van der Waals surface area contributed by atoms with Crippen LogP contribution in [-0.4, -0.2) is 26.4 Å². The first kappa shape index (κ1) is 21.0. The molecular formula is C19H17Cl3N4OS. The maximum absolute atomic E-state index is 12.4. The Balaban J connectivity index is 1.72. The van der Waals surface area contributed by atoms with E-state index < -0.39 is 0 Å². The molecule has 0 aliphatic carbocycles. The molecule has 0 bridgehead atoms. The fourth-order valence-corrected chi connectivity index (χ4v) is 3.96. The van der Waals surface area contributed by atoms with Crippen molar-refractivity contribution < 1.29 is 4.79 Å². The highest BCUT2D eigenvalue weighted by atomic mass is 35.5. The zero-order valence-electron chi connectivity index (χ0n) is 15.2. The van der Waals surface area contributed by atoms with Crippen LogP contribution in [0.4, 0.5) is 5.69 Å². The average Bonchev–Trinajstić information content (AvgIpc) is 3.10. The van der Waals surface area contributed by atoms with Crippen LogP contribution in [0.5, 0.6) is 0 Å². The zero-order chi connectivity index (χ0) is 20.3. The zero-order valence-corrected chi connectivity index (χ0v) is 18.3. The summed E-state index contributed by atoms with van der Waals surface area (Å²) < 4.78 is 1.95. The average molecular weight is 456 g/mol. The van der Waals surface area contributed by atoms with Gasteiger partial charge in [0.2, 0.25) is 5.91 Å². The summed E-state index contributed by atoms with van der Waals surface area (Å²) in [6.07, 6.45) is 0. The van der Waals surface area contributed by atoms with Crippen molar-refractivity contribution in [1.82, 2.24) is 14.8 Å². The number of nitrogens with one attached hydrogen (secondary N) is 1. The molecule has 28 heavy (non-hydrogen) atoms. The highest BCUT2D eigenvalue weighted by molar-refractivity contribution is 7.99. The summed E-state index contributed by atoms with van der Waals surface area (Å²) in [5, 5.41) is 13.4. The number of amides is 1. The van der Waals surface area contributed by atoms with Gasteiger partial charge in [0.1, 0.15) is 0 Å². The van der Waals surface area contributed by atoms with E-state index in [-0.39, 0.29) is 11.7 Å². The predicted octanol–water partition coefficient (Wildman–Crippen LogP) is 5.96. The predicted molar refractivity (Wildman–Crippen MR) is 117 cm³/mol. The third kappa shape index (κ3) is 4.63. The number of halogens is 3. The van der Waals surface area contributed by atoms with Crippen LogP contribution in [0.2, 0.25) is 15.1 Å². The molecule has 0 radical (unpaired) electrons. The first-order valence-electron chi connectivity index (χ1n) is 8.47. The first-order chi connectivity index (χ1) is 13.4. The second kappa shape index (κ2) is 9.18. The molecule has 9 heteroatoms. The summed E-state index contributed by atoms with van der Waals surface area (Å²) in [5.41, 5.74) is 2.17. The molecule has 2 aromatic carbocycles. The molecule has 0 saturated carbocycles. The minimum absolute atomic E-state index is 0.152. The molecule has 0 fully saturated rings. The van der Waals surface area contributed by atoms with Crippen LogP contribution < -0.4 is 5.32 Å². The minimum atomic E-state index is -0.224. The van der Waals surface area contributed by atoms with Crippen LogP contribution >= 0.6 is 46.6 Å². The standard InChI is InChI=1S/C19H17Cl3N4OS/c1-3-26-18(12-5-7-13(20)8-6-12)24-25-19(26)28-10-15(27)23-17-14(21)9-4-11(2)16(17)22/h4-9H,3,10H2,1-2H3,(H,23,27). The number of benzene rings is 2. The van der Waals surface area contributed by atoms with Gasteiger partial charge in [-0.3, -0.25) is 4.79 Å². The van der Waals surface area contributed by atoms with Crippen molar-refractivity contribution in [1.29, 1.82) is 0 Å². The lowest BCUT2D eigenvalue weighted by molar-refractivity contribution is -0.113. The Morgan fingerprint density at radius 2 is 1.82 bits per heavy atom. The van der Waals surface area contributed by atoms with Gasteiger partial charge in [-0.2, -0.15) is 0 Å². The third-order valence-electron chi connectivity index (χ3n) is 4.02. The first-order valence-corrected chi connectivity index (χ1v) is 10.6. The topological polar surface area (TPSA) is 59.8 Å². The lowest BCUT2D eigenvalue weighted by Gasteiger charge is -2.11. The number of nitrogens with zero attached hydrogens (tertiary/aromatic N) is 3. The number of rotatable bonds is 6. The molecule has 0 unspecified atom stereocenters. The molecule has 3 aromatic rings. The van der Waals surface area contributed by atoms with E-state index in [0.29, 0.717) is 32.5 Å². The van der Waals surface area contributed by atoms with Gasteiger partial charge >= 0.3 is 0 Å². The summed E-state index contributed by atoms with van der Waals surface area (Å²) in [6, 6.07) is 10.9. The molecule has 0 atom stereocenters. The molecule has 5 nitrogen and oxygen atoms in total. The lowest BCUT2D eigenvalue weighted by atomic mass is 10.2. The molecule has 0 spiro atoms. The van der Waals surface area contributed by atoms with Crippen molar-refractivity contribution >= 4 is 58.2 Å². The highest BCUT2D eigenvalue weighted by Gasteiger charge is 2.16. The van der Waals surface area contributed by atoms with Crippen molar-refractivity contribution in [3.05, 3.63) is 57.0 Å². The van der Waals surface area contributed by atoms with E-state index >= 15 is 0 Å². The molecule has 1 N–H and O–H groups in total. The summed E-state index contributed by atoms with van der Waals surface area (Å²) in [5.74, 6) is 0.657. The Morgan fingerprint density at radius 3 is 2.50 bits per heavy atom. The molecule has 1 aromatic heterocycles. The summed E-state index contributed by atoms with van der Waals surface area (Å²) in [4.78, 5) is 12.4. The lowest BCUT2D eigenvalue weighted by Crippen LogP contribution is -2.15. The fourth-order valence-electron chi connectivity index (χ4n) is 2.57. The third-order valence-corrected chi connectivity index (χ3v) is 6.04. The maximum Gasteiger partial charge on any atom is 0.234 e. The summed E-state index contributed by atoms with van der Waals surface area (Å²) in [7, 11) is 0. The smallest absolute Gasteiger partial charge is 0.234 e. The maximum atomic E-state index is 12.4. The van der Waals surface area contributed by atoms with E-state index in [9.17, 15) is 4.79 Å². The van der Waals surface area contributed by atoms with Crippen LogP contribution in [0.1, 0.15) is 12.5 Å². The van der Waals surface area contributed by atoms with Crippen molar-refractivity contribution in [2.45, 2.75) is 25.5 Å². The molecule has 146 valence electrons. The Kier molecular flexibility index (Phi) is 6.88. The van der Waals surface area contributed by atoms with Gasteiger partial charge in [0.15, 0.2) is 11.0 Å². The van der Waals surface area contributed by atoms with Gasteiger partial charge < -0.3 is 9.88 Å². The van der Waals surface area contributed by atoms with Gasteiger partial charge in [0.05, 0.1) is 21.5 Å². The number of thioether (sulfide) groups is 1. The van der Waals surface area contributed by atoms with E-state index in [4.69, 9.17) is 34.8 Å². The molecule has 3 rings (SSSR count). The van der Waals surface area contributed by atoms with E-state index in [1.165, 1.54) is 11.8 Å². The monoisotopic (exact) mass is 454 g/mol. The number of aryl methyl sites for hydroxylation is 1. The largest absolute Gasteiger partial charge is 0.323 e. The SMILES string of the molecule is CCn1c(SCC(=O)Nc2c(Cl)ccc(C)c2Cl)nnc1-c1ccc(Cl)cc1. The Labute approximate surface area is 182 Å². The van der Waals surface area contributed by atoms with Crippen molar-refractivity contribution in [3.63, 3.8) is 0 Å². The van der Waals surface area contributed by atoms with Crippen molar-refractivity contribution in [3.8, 4) is 11.4 Å². The number of carbonyl (C=O) groups is 1. The Bertz CT molecular complexity index is 1010.